The van der Waals surface area contributed by atoms with Crippen molar-refractivity contribution in [2.75, 3.05) is 0 Å². The van der Waals surface area contributed by atoms with Gasteiger partial charge in [0.25, 0.3) is 0 Å². The van der Waals surface area contributed by atoms with E-state index in [0.717, 1.165) is 25.7 Å². The third-order valence-corrected chi connectivity index (χ3v) is 2.39. The van der Waals surface area contributed by atoms with Gasteiger partial charge in [-0.15, -0.1) is 0 Å². The van der Waals surface area contributed by atoms with E-state index in [4.69, 9.17) is 5.11 Å². The molecule has 0 saturated heterocycles. The van der Waals surface area contributed by atoms with Gasteiger partial charge in [0.15, 0.2) is 0 Å². The Morgan fingerprint density at radius 2 is 1.79 bits per heavy atom. The van der Waals surface area contributed by atoms with Crippen LogP contribution in [0, 0.1) is 5.92 Å². The maximum Gasteiger partial charge on any atom is 1.00 e. The molecule has 1 N–H and O–H groups in total. The molecule has 0 saturated carbocycles. The Hall–Kier alpha value is 0.470. The van der Waals surface area contributed by atoms with Gasteiger partial charge in [-0.2, -0.15) is 0 Å². The summed E-state index contributed by atoms with van der Waals surface area (Å²) in [5, 5.41) is 8.86. The smallest absolute Gasteiger partial charge is 1.00 e. The number of unbranched alkanes of at least 4 members (excludes halogenated alkanes) is 3. The van der Waals surface area contributed by atoms with Gasteiger partial charge in [-0.3, -0.25) is 4.79 Å². The zero-order valence-electron chi connectivity index (χ0n) is 10.9. The fourth-order valence-corrected chi connectivity index (χ4v) is 1.56. The average molecular weight is 210 g/mol. The van der Waals surface area contributed by atoms with Crippen molar-refractivity contribution in [2.45, 2.75) is 58.8 Å². The number of rotatable bonds is 8. The molecular formula is C11H23NaO2. The molecule has 0 amide bonds. The molecule has 0 heterocycles. The minimum atomic E-state index is -0.613. The van der Waals surface area contributed by atoms with Crippen molar-refractivity contribution < 1.29 is 40.9 Å². The van der Waals surface area contributed by atoms with Gasteiger partial charge >= 0.3 is 35.5 Å². The molecule has 1 atom stereocenters. The fraction of sp³-hybridized carbons (Fsp3) is 0.909. The quantitative estimate of drug-likeness (QED) is 0.470. The SMILES string of the molecule is CCCCCCC(CCC)C(=O)O.[H-].[Na+]. The minimum Gasteiger partial charge on any atom is -1.00 e. The van der Waals surface area contributed by atoms with E-state index < -0.39 is 5.97 Å². The van der Waals surface area contributed by atoms with Crippen molar-refractivity contribution in [3.8, 4) is 0 Å². The summed E-state index contributed by atoms with van der Waals surface area (Å²) in [7, 11) is 0. The van der Waals surface area contributed by atoms with Gasteiger partial charge < -0.3 is 6.53 Å². The molecular weight excluding hydrogens is 187 g/mol. The summed E-state index contributed by atoms with van der Waals surface area (Å²) in [5.74, 6) is -0.708. The first-order valence-electron chi connectivity index (χ1n) is 5.45. The van der Waals surface area contributed by atoms with Crippen LogP contribution in [0.15, 0.2) is 0 Å². The van der Waals surface area contributed by atoms with Crippen molar-refractivity contribution in [1.82, 2.24) is 0 Å². The molecule has 0 aliphatic heterocycles. The summed E-state index contributed by atoms with van der Waals surface area (Å²) >= 11 is 0. The Labute approximate surface area is 111 Å². The fourth-order valence-electron chi connectivity index (χ4n) is 1.56. The van der Waals surface area contributed by atoms with Gasteiger partial charge in [0, 0.05) is 0 Å². The van der Waals surface area contributed by atoms with E-state index in [1.165, 1.54) is 19.3 Å². The van der Waals surface area contributed by atoms with E-state index in [9.17, 15) is 4.79 Å². The third kappa shape index (κ3) is 9.04. The Bertz CT molecular complexity index is 143. The number of carboxylic acid groups (broad SMARTS) is 1. The van der Waals surface area contributed by atoms with Crippen LogP contribution < -0.4 is 29.6 Å². The number of hydrogen-bond donors (Lipinski definition) is 1. The van der Waals surface area contributed by atoms with Crippen molar-refractivity contribution in [2.24, 2.45) is 5.92 Å². The third-order valence-electron chi connectivity index (χ3n) is 2.39. The van der Waals surface area contributed by atoms with Crippen LogP contribution in [0.1, 0.15) is 60.2 Å². The second-order valence-electron chi connectivity index (χ2n) is 3.67. The predicted octanol–water partition coefficient (Wildman–Crippen LogP) is 0.574. The Balaban J connectivity index is -0.000000720. The van der Waals surface area contributed by atoms with Crippen LogP contribution in [0.3, 0.4) is 0 Å². The molecule has 2 nitrogen and oxygen atoms in total. The second-order valence-corrected chi connectivity index (χ2v) is 3.67. The van der Waals surface area contributed by atoms with Crippen molar-refractivity contribution in [3.05, 3.63) is 0 Å². The minimum absolute atomic E-state index is 0. The van der Waals surface area contributed by atoms with Gasteiger partial charge in [-0.1, -0.05) is 46.0 Å². The molecule has 0 fully saturated rings. The Morgan fingerprint density at radius 1 is 1.14 bits per heavy atom. The molecule has 14 heavy (non-hydrogen) atoms. The molecule has 0 aromatic carbocycles. The van der Waals surface area contributed by atoms with Gasteiger partial charge in [0.1, 0.15) is 0 Å². The van der Waals surface area contributed by atoms with Crippen molar-refractivity contribution in [1.29, 1.82) is 0 Å². The molecule has 0 radical (unpaired) electrons. The van der Waals surface area contributed by atoms with E-state index in [-0.39, 0.29) is 36.9 Å². The van der Waals surface area contributed by atoms with E-state index in [0.29, 0.717) is 0 Å². The number of carboxylic acids is 1. The standard InChI is InChI=1S/C11H22O2.Na.H/c1-3-5-6-7-9-10(8-4-2)11(12)13;;/h10H,3-9H2,1-2H3,(H,12,13);;/q;+1;-1. The Morgan fingerprint density at radius 3 is 2.21 bits per heavy atom. The molecule has 3 heteroatoms. The molecule has 0 aromatic heterocycles. The summed E-state index contributed by atoms with van der Waals surface area (Å²) in [6.07, 6.45) is 7.38. The average Bonchev–Trinajstić information content (AvgIpc) is 2.10. The van der Waals surface area contributed by atoms with Crippen molar-refractivity contribution in [3.63, 3.8) is 0 Å². The van der Waals surface area contributed by atoms with Crippen LogP contribution in [0.4, 0.5) is 0 Å². The molecule has 80 valence electrons. The van der Waals surface area contributed by atoms with Crippen LogP contribution in [0.5, 0.6) is 0 Å². The molecule has 0 rings (SSSR count). The van der Waals surface area contributed by atoms with E-state index >= 15 is 0 Å². The van der Waals surface area contributed by atoms with Crippen LogP contribution in [-0.4, -0.2) is 11.1 Å². The van der Waals surface area contributed by atoms with Crippen LogP contribution >= 0.6 is 0 Å². The van der Waals surface area contributed by atoms with Gasteiger partial charge in [0.2, 0.25) is 0 Å². The summed E-state index contributed by atoms with van der Waals surface area (Å²) in [6.45, 7) is 4.21. The maximum atomic E-state index is 10.8. The van der Waals surface area contributed by atoms with Crippen molar-refractivity contribution >= 4 is 5.97 Å². The second kappa shape index (κ2) is 11.5. The van der Waals surface area contributed by atoms with E-state index in [2.05, 4.69) is 6.92 Å². The molecule has 0 aliphatic rings. The largest absolute Gasteiger partial charge is 1.00 e. The zero-order valence-corrected chi connectivity index (χ0v) is 11.9. The van der Waals surface area contributed by atoms with Crippen LogP contribution in [0.25, 0.3) is 0 Å². The summed E-state index contributed by atoms with van der Waals surface area (Å²) in [4.78, 5) is 10.8. The van der Waals surface area contributed by atoms with Crippen LogP contribution in [-0.2, 0) is 4.79 Å². The summed E-state index contributed by atoms with van der Waals surface area (Å²) < 4.78 is 0. The number of carbonyl (C=O) groups is 1. The van der Waals surface area contributed by atoms with E-state index in [1.807, 2.05) is 6.92 Å². The first-order valence-corrected chi connectivity index (χ1v) is 5.45. The normalized spacial score (nSPS) is 11.9. The summed E-state index contributed by atoms with van der Waals surface area (Å²) in [5.41, 5.74) is 0. The molecule has 0 bridgehead atoms. The first-order chi connectivity index (χ1) is 6.22. The monoisotopic (exact) mass is 210 g/mol. The molecule has 0 aliphatic carbocycles. The topological polar surface area (TPSA) is 37.3 Å². The molecule has 0 aromatic rings. The number of hydrogen-bond acceptors (Lipinski definition) is 1. The molecule has 1 unspecified atom stereocenters. The molecule has 0 spiro atoms. The van der Waals surface area contributed by atoms with Gasteiger partial charge in [0.05, 0.1) is 5.92 Å². The van der Waals surface area contributed by atoms with Gasteiger partial charge in [-0.05, 0) is 12.8 Å². The zero-order chi connectivity index (χ0) is 10.1. The predicted molar refractivity (Wildman–Crippen MR) is 55.9 cm³/mol. The summed E-state index contributed by atoms with van der Waals surface area (Å²) in [6, 6.07) is 0. The Kier molecular flexibility index (Phi) is 13.9. The number of aliphatic carboxylic acids is 1. The van der Waals surface area contributed by atoms with Crippen LogP contribution in [0.2, 0.25) is 0 Å². The maximum absolute atomic E-state index is 10.8. The first kappa shape index (κ1) is 16.9. The van der Waals surface area contributed by atoms with E-state index in [1.54, 1.807) is 0 Å². The van der Waals surface area contributed by atoms with Gasteiger partial charge in [-0.25, -0.2) is 0 Å².